The molecule has 3 aliphatic carbocycles. The Morgan fingerprint density at radius 2 is 1.90 bits per heavy atom. The fourth-order valence-electron chi connectivity index (χ4n) is 3.21. The van der Waals surface area contributed by atoms with Crippen molar-refractivity contribution in [3.63, 3.8) is 0 Å². The lowest BCUT2D eigenvalue weighted by molar-refractivity contribution is -0.0602. The zero-order valence-corrected chi connectivity index (χ0v) is 13.2. The maximum absolute atomic E-state index is 12.3. The number of hydrogen-bond acceptors (Lipinski definition) is 4. The number of rotatable bonds is 3. The van der Waals surface area contributed by atoms with E-state index in [9.17, 15) is 13.7 Å². The summed E-state index contributed by atoms with van der Waals surface area (Å²) in [4.78, 5) is 0.134. The molecule has 20 heavy (non-hydrogen) atoms. The third-order valence-corrected chi connectivity index (χ3v) is 6.19. The molecule has 0 amide bonds. The summed E-state index contributed by atoms with van der Waals surface area (Å²) in [6.45, 7) is 0. The zero-order chi connectivity index (χ0) is 14.4. The molecular weight excluding hydrogens is 342 g/mol. The smallest absolute Gasteiger partial charge is 0.261 e. The number of fused-ring (bicyclic) bond motifs is 2. The van der Waals surface area contributed by atoms with Gasteiger partial charge in [-0.3, -0.25) is 4.18 Å². The lowest BCUT2D eigenvalue weighted by Gasteiger charge is -2.51. The third-order valence-electron chi connectivity index (χ3n) is 4.33. The van der Waals surface area contributed by atoms with Gasteiger partial charge in [-0.05, 0) is 55.9 Å². The van der Waals surface area contributed by atoms with E-state index in [-0.39, 0.29) is 4.90 Å². The molecule has 3 saturated carbocycles. The molecule has 4 rings (SSSR count). The standard InChI is InChI=1S/C14H14BrNO3S/c15-11-2-4-12(5-3-11)20(17,18)19-13-6-1-10-7-14(13,8-10)9-16/h2-5,10,13H,1,6-8H2/t10?,13-,14?/m1/s1. The molecule has 0 spiro atoms. The Labute approximate surface area is 127 Å². The van der Waals surface area contributed by atoms with Crippen molar-refractivity contribution in [2.45, 2.75) is 36.7 Å². The molecule has 1 aromatic rings. The minimum absolute atomic E-state index is 0.134. The zero-order valence-electron chi connectivity index (χ0n) is 10.8. The van der Waals surface area contributed by atoms with Gasteiger partial charge in [-0.25, -0.2) is 0 Å². The average Bonchev–Trinajstić information content (AvgIpc) is 2.38. The Kier molecular flexibility index (Phi) is 3.39. The summed E-state index contributed by atoms with van der Waals surface area (Å²) < 4.78 is 30.8. The molecule has 0 unspecified atom stereocenters. The first-order valence-corrected chi connectivity index (χ1v) is 8.75. The molecule has 0 saturated heterocycles. The van der Waals surface area contributed by atoms with Crippen LogP contribution in [0.5, 0.6) is 0 Å². The number of hydrogen-bond donors (Lipinski definition) is 0. The maximum atomic E-state index is 12.3. The van der Waals surface area contributed by atoms with Crippen LogP contribution >= 0.6 is 15.9 Å². The van der Waals surface area contributed by atoms with Crippen molar-refractivity contribution in [3.05, 3.63) is 28.7 Å². The van der Waals surface area contributed by atoms with Crippen molar-refractivity contribution < 1.29 is 12.6 Å². The summed E-state index contributed by atoms with van der Waals surface area (Å²) in [5.74, 6) is 0.574. The maximum Gasteiger partial charge on any atom is 0.297 e. The topological polar surface area (TPSA) is 67.2 Å². The van der Waals surface area contributed by atoms with Crippen LogP contribution in [0.3, 0.4) is 0 Å². The van der Waals surface area contributed by atoms with Crippen molar-refractivity contribution in [1.82, 2.24) is 0 Å². The molecule has 0 N–H and O–H groups in total. The first kappa shape index (κ1) is 14.1. The van der Waals surface area contributed by atoms with E-state index in [1.165, 1.54) is 12.1 Å². The van der Waals surface area contributed by atoms with E-state index in [1.807, 2.05) is 0 Å². The molecule has 4 nitrogen and oxygen atoms in total. The molecule has 1 aromatic carbocycles. The van der Waals surface area contributed by atoms with E-state index in [0.29, 0.717) is 12.3 Å². The van der Waals surface area contributed by atoms with Crippen molar-refractivity contribution in [2.75, 3.05) is 0 Å². The summed E-state index contributed by atoms with van der Waals surface area (Å²) in [5.41, 5.74) is -0.592. The molecule has 1 atom stereocenters. The van der Waals surface area contributed by atoms with Gasteiger partial charge in [0.05, 0.1) is 22.5 Å². The highest BCUT2D eigenvalue weighted by Gasteiger charge is 2.55. The molecule has 3 aliphatic rings. The summed E-state index contributed by atoms with van der Waals surface area (Å²) in [5, 5.41) is 9.33. The molecule has 0 aliphatic heterocycles. The van der Waals surface area contributed by atoms with Crippen LogP contribution in [0.15, 0.2) is 33.6 Å². The van der Waals surface area contributed by atoms with Crippen LogP contribution in [-0.2, 0) is 14.3 Å². The lowest BCUT2D eigenvalue weighted by Crippen LogP contribution is -2.51. The van der Waals surface area contributed by atoms with Gasteiger partial charge < -0.3 is 0 Å². The molecular formula is C14H14BrNO3S. The highest BCUT2D eigenvalue weighted by Crippen LogP contribution is 2.56. The van der Waals surface area contributed by atoms with Crippen LogP contribution in [0.4, 0.5) is 0 Å². The van der Waals surface area contributed by atoms with Gasteiger partial charge in [0.1, 0.15) is 0 Å². The highest BCUT2D eigenvalue weighted by atomic mass is 79.9. The third kappa shape index (κ3) is 2.28. The van der Waals surface area contributed by atoms with Gasteiger partial charge in [0.2, 0.25) is 0 Å². The van der Waals surface area contributed by atoms with Crippen LogP contribution in [0.1, 0.15) is 25.7 Å². The van der Waals surface area contributed by atoms with Crippen LogP contribution in [0.2, 0.25) is 0 Å². The molecule has 6 heteroatoms. The van der Waals surface area contributed by atoms with Crippen LogP contribution in [-0.4, -0.2) is 14.5 Å². The summed E-state index contributed by atoms with van der Waals surface area (Å²) in [6.07, 6.45) is 2.62. The van der Waals surface area contributed by atoms with Gasteiger partial charge in [-0.1, -0.05) is 15.9 Å². The minimum Gasteiger partial charge on any atom is -0.261 e. The molecule has 3 fully saturated rings. The summed E-state index contributed by atoms with van der Waals surface area (Å²) in [6, 6.07) is 8.62. The highest BCUT2D eigenvalue weighted by molar-refractivity contribution is 9.10. The number of nitriles is 1. The van der Waals surface area contributed by atoms with E-state index in [0.717, 1.165) is 23.7 Å². The quantitative estimate of drug-likeness (QED) is 0.780. The Morgan fingerprint density at radius 3 is 2.50 bits per heavy atom. The van der Waals surface area contributed by atoms with Gasteiger partial charge in [0, 0.05) is 4.47 Å². The van der Waals surface area contributed by atoms with E-state index < -0.39 is 21.6 Å². The van der Waals surface area contributed by atoms with Crippen molar-refractivity contribution in [2.24, 2.45) is 11.3 Å². The van der Waals surface area contributed by atoms with Gasteiger partial charge in [0.25, 0.3) is 10.1 Å². The van der Waals surface area contributed by atoms with Crippen LogP contribution in [0, 0.1) is 22.7 Å². The average molecular weight is 356 g/mol. The minimum atomic E-state index is -3.81. The van der Waals surface area contributed by atoms with Crippen molar-refractivity contribution >= 4 is 26.0 Å². The van der Waals surface area contributed by atoms with Crippen molar-refractivity contribution in [3.8, 4) is 6.07 Å². The van der Waals surface area contributed by atoms with E-state index in [4.69, 9.17) is 4.18 Å². The Hall–Kier alpha value is -0.900. The summed E-state index contributed by atoms with van der Waals surface area (Å²) >= 11 is 3.27. The summed E-state index contributed by atoms with van der Waals surface area (Å²) in [7, 11) is -3.81. The lowest BCUT2D eigenvalue weighted by atomic mass is 9.53. The van der Waals surface area contributed by atoms with Gasteiger partial charge >= 0.3 is 0 Å². The monoisotopic (exact) mass is 355 g/mol. The van der Waals surface area contributed by atoms with E-state index in [2.05, 4.69) is 22.0 Å². The molecule has 2 bridgehead atoms. The fraction of sp³-hybridized carbons (Fsp3) is 0.500. The van der Waals surface area contributed by atoms with Gasteiger partial charge in [-0.2, -0.15) is 13.7 Å². The number of benzene rings is 1. The van der Waals surface area contributed by atoms with E-state index >= 15 is 0 Å². The van der Waals surface area contributed by atoms with Gasteiger partial charge in [0.15, 0.2) is 0 Å². The molecule has 0 heterocycles. The first-order chi connectivity index (χ1) is 9.45. The predicted molar refractivity (Wildman–Crippen MR) is 76.2 cm³/mol. The molecule has 106 valence electrons. The van der Waals surface area contributed by atoms with Crippen molar-refractivity contribution in [1.29, 1.82) is 5.26 Å². The van der Waals surface area contributed by atoms with Gasteiger partial charge in [-0.15, -0.1) is 0 Å². The largest absolute Gasteiger partial charge is 0.297 e. The number of halogens is 1. The SMILES string of the molecule is N#CC12CC(CC[C@H]1OS(=O)(=O)c1ccc(Br)cc1)C2. The fourth-order valence-corrected chi connectivity index (χ4v) is 4.65. The normalized spacial score (nSPS) is 32.2. The van der Waals surface area contributed by atoms with Crippen LogP contribution in [0.25, 0.3) is 0 Å². The second kappa shape index (κ2) is 4.83. The first-order valence-electron chi connectivity index (χ1n) is 6.55. The van der Waals surface area contributed by atoms with E-state index in [1.54, 1.807) is 12.1 Å². The number of nitrogens with zero attached hydrogens (tertiary/aromatic N) is 1. The Morgan fingerprint density at radius 1 is 1.25 bits per heavy atom. The van der Waals surface area contributed by atoms with Crippen LogP contribution < -0.4 is 0 Å². The molecule has 0 radical (unpaired) electrons. The second-order valence-electron chi connectivity index (χ2n) is 5.61. The molecule has 0 aromatic heterocycles. The second-order valence-corrected chi connectivity index (χ2v) is 8.10. The Balaban J connectivity index is 1.83. The Bertz CT molecular complexity index is 657. The predicted octanol–water partition coefficient (Wildman–Crippen LogP) is 3.24.